The van der Waals surface area contributed by atoms with Crippen molar-refractivity contribution >= 4 is 5.69 Å². The van der Waals surface area contributed by atoms with Gasteiger partial charge in [0.05, 0.1) is 5.69 Å². The average molecular weight is 236 g/mol. The Morgan fingerprint density at radius 1 is 1.47 bits per heavy atom. The molecule has 0 radical (unpaired) electrons. The maximum atomic E-state index is 13.6. The first-order valence-corrected chi connectivity index (χ1v) is 6.38. The van der Waals surface area contributed by atoms with Gasteiger partial charge in [-0.1, -0.05) is 31.9 Å². The second-order valence-electron chi connectivity index (χ2n) is 5.29. The summed E-state index contributed by atoms with van der Waals surface area (Å²) in [6.07, 6.45) is 4.47. The maximum Gasteiger partial charge on any atom is 0.146 e. The molecule has 0 saturated heterocycles. The van der Waals surface area contributed by atoms with Gasteiger partial charge in [-0.15, -0.1) is 0 Å². The number of para-hydroxylation sites is 1. The van der Waals surface area contributed by atoms with Crippen LogP contribution in [0.3, 0.4) is 0 Å². The third-order valence-corrected chi connectivity index (χ3v) is 3.76. The van der Waals surface area contributed by atoms with E-state index in [-0.39, 0.29) is 11.4 Å². The Morgan fingerprint density at radius 3 is 2.88 bits per heavy atom. The molecule has 2 rings (SSSR count). The van der Waals surface area contributed by atoms with E-state index in [1.165, 1.54) is 18.9 Å². The van der Waals surface area contributed by atoms with E-state index in [1.807, 2.05) is 6.07 Å². The molecular weight excluding hydrogens is 215 g/mol. The summed E-state index contributed by atoms with van der Waals surface area (Å²) in [6, 6.07) is 6.83. The average Bonchev–Trinajstić information content (AvgIpc) is 2.32. The van der Waals surface area contributed by atoms with Gasteiger partial charge < -0.3 is 11.1 Å². The summed E-state index contributed by atoms with van der Waals surface area (Å²) in [7, 11) is 0. The Bertz CT molecular complexity index is 380. The molecular formula is C14H21FN2. The molecule has 1 aromatic carbocycles. The van der Waals surface area contributed by atoms with Gasteiger partial charge in [0.2, 0.25) is 0 Å². The van der Waals surface area contributed by atoms with Crippen molar-refractivity contribution in [2.24, 2.45) is 11.7 Å². The third-order valence-electron chi connectivity index (χ3n) is 3.76. The number of nitrogens with one attached hydrogen (secondary N) is 1. The first-order chi connectivity index (χ1) is 8.15. The van der Waals surface area contributed by atoms with E-state index in [4.69, 9.17) is 5.73 Å². The van der Waals surface area contributed by atoms with Crippen LogP contribution in [0.4, 0.5) is 10.1 Å². The Balaban J connectivity index is 2.17. The first-order valence-electron chi connectivity index (χ1n) is 6.38. The van der Waals surface area contributed by atoms with Gasteiger partial charge in [-0.3, -0.25) is 0 Å². The van der Waals surface area contributed by atoms with Crippen LogP contribution in [0.15, 0.2) is 24.3 Å². The monoisotopic (exact) mass is 236 g/mol. The number of rotatable bonds is 3. The SMILES string of the molecule is CC1CCCC(CN)(Nc2ccccc2F)C1. The smallest absolute Gasteiger partial charge is 0.146 e. The van der Waals surface area contributed by atoms with Gasteiger partial charge in [-0.25, -0.2) is 4.39 Å². The summed E-state index contributed by atoms with van der Waals surface area (Å²) in [4.78, 5) is 0. The van der Waals surface area contributed by atoms with Crippen molar-refractivity contribution in [1.82, 2.24) is 0 Å². The van der Waals surface area contributed by atoms with Crippen LogP contribution in [0, 0.1) is 11.7 Å². The molecule has 0 amide bonds. The normalized spacial score (nSPS) is 29.0. The van der Waals surface area contributed by atoms with Crippen molar-refractivity contribution in [3.63, 3.8) is 0 Å². The Morgan fingerprint density at radius 2 is 2.24 bits per heavy atom. The topological polar surface area (TPSA) is 38.0 Å². The molecule has 0 aromatic heterocycles. The van der Waals surface area contributed by atoms with E-state index in [9.17, 15) is 4.39 Å². The maximum absolute atomic E-state index is 13.6. The van der Waals surface area contributed by atoms with Crippen LogP contribution >= 0.6 is 0 Å². The summed E-state index contributed by atoms with van der Waals surface area (Å²) < 4.78 is 13.6. The lowest BCUT2D eigenvalue weighted by Crippen LogP contribution is -2.48. The lowest BCUT2D eigenvalue weighted by Gasteiger charge is -2.40. The number of benzene rings is 1. The van der Waals surface area contributed by atoms with Crippen molar-refractivity contribution < 1.29 is 4.39 Å². The molecule has 1 aliphatic rings. The quantitative estimate of drug-likeness (QED) is 0.846. The van der Waals surface area contributed by atoms with Gasteiger partial charge in [0, 0.05) is 12.1 Å². The fraction of sp³-hybridized carbons (Fsp3) is 0.571. The highest BCUT2D eigenvalue weighted by Crippen LogP contribution is 2.34. The highest BCUT2D eigenvalue weighted by atomic mass is 19.1. The van der Waals surface area contributed by atoms with Gasteiger partial charge in [0.25, 0.3) is 0 Å². The Hall–Kier alpha value is -1.09. The highest BCUT2D eigenvalue weighted by Gasteiger charge is 2.33. The lowest BCUT2D eigenvalue weighted by molar-refractivity contribution is 0.263. The van der Waals surface area contributed by atoms with E-state index in [1.54, 1.807) is 12.1 Å². The molecule has 2 nitrogen and oxygen atoms in total. The van der Waals surface area contributed by atoms with Crippen LogP contribution in [0.5, 0.6) is 0 Å². The molecule has 1 fully saturated rings. The van der Waals surface area contributed by atoms with Crippen molar-refractivity contribution in [2.75, 3.05) is 11.9 Å². The van der Waals surface area contributed by atoms with Gasteiger partial charge in [-0.2, -0.15) is 0 Å². The van der Waals surface area contributed by atoms with Crippen LogP contribution in [0.25, 0.3) is 0 Å². The predicted octanol–water partition coefficient (Wildman–Crippen LogP) is 3.15. The van der Waals surface area contributed by atoms with Crippen LogP contribution in [0.1, 0.15) is 32.6 Å². The second-order valence-corrected chi connectivity index (χ2v) is 5.29. The van der Waals surface area contributed by atoms with E-state index in [0.717, 1.165) is 12.8 Å². The van der Waals surface area contributed by atoms with E-state index in [2.05, 4.69) is 12.2 Å². The third kappa shape index (κ3) is 2.78. The Labute approximate surface area is 102 Å². The molecule has 2 atom stereocenters. The zero-order chi connectivity index (χ0) is 12.3. The van der Waals surface area contributed by atoms with E-state index >= 15 is 0 Å². The minimum absolute atomic E-state index is 0.125. The van der Waals surface area contributed by atoms with Crippen LogP contribution in [-0.2, 0) is 0 Å². The molecule has 3 heteroatoms. The minimum atomic E-state index is -0.196. The summed E-state index contributed by atoms with van der Waals surface area (Å²) >= 11 is 0. The summed E-state index contributed by atoms with van der Waals surface area (Å²) in [5.74, 6) is 0.463. The predicted molar refractivity (Wildman–Crippen MR) is 69.4 cm³/mol. The van der Waals surface area contributed by atoms with E-state index in [0.29, 0.717) is 18.2 Å². The number of anilines is 1. The highest BCUT2D eigenvalue weighted by molar-refractivity contribution is 5.47. The van der Waals surface area contributed by atoms with Gasteiger partial charge >= 0.3 is 0 Å². The van der Waals surface area contributed by atoms with Crippen molar-refractivity contribution in [1.29, 1.82) is 0 Å². The number of nitrogens with two attached hydrogens (primary N) is 1. The minimum Gasteiger partial charge on any atom is -0.376 e. The molecule has 17 heavy (non-hydrogen) atoms. The molecule has 0 spiro atoms. The number of hydrogen-bond donors (Lipinski definition) is 2. The molecule has 0 bridgehead atoms. The van der Waals surface area contributed by atoms with Crippen LogP contribution in [-0.4, -0.2) is 12.1 Å². The van der Waals surface area contributed by atoms with Gasteiger partial charge in [0.15, 0.2) is 0 Å². The largest absolute Gasteiger partial charge is 0.376 e. The summed E-state index contributed by atoms with van der Waals surface area (Å²) in [5.41, 5.74) is 6.36. The van der Waals surface area contributed by atoms with Crippen molar-refractivity contribution in [3.8, 4) is 0 Å². The summed E-state index contributed by atoms with van der Waals surface area (Å²) in [5, 5.41) is 3.34. The van der Waals surface area contributed by atoms with Crippen LogP contribution < -0.4 is 11.1 Å². The molecule has 1 aliphatic carbocycles. The number of hydrogen-bond acceptors (Lipinski definition) is 2. The zero-order valence-corrected chi connectivity index (χ0v) is 10.4. The molecule has 1 aromatic rings. The van der Waals surface area contributed by atoms with Crippen molar-refractivity contribution in [3.05, 3.63) is 30.1 Å². The fourth-order valence-corrected chi connectivity index (χ4v) is 2.86. The molecule has 94 valence electrons. The van der Waals surface area contributed by atoms with Gasteiger partial charge in [0.1, 0.15) is 5.82 Å². The molecule has 3 N–H and O–H groups in total. The molecule has 0 heterocycles. The lowest BCUT2D eigenvalue weighted by atomic mass is 9.76. The van der Waals surface area contributed by atoms with Gasteiger partial charge in [-0.05, 0) is 30.9 Å². The van der Waals surface area contributed by atoms with Crippen LogP contribution in [0.2, 0.25) is 0 Å². The molecule has 1 saturated carbocycles. The standard InChI is InChI=1S/C14H21FN2/c1-11-5-4-8-14(9-11,10-16)17-13-7-3-2-6-12(13)15/h2-3,6-7,11,17H,4-5,8-10,16H2,1H3. The molecule has 0 aliphatic heterocycles. The Kier molecular flexibility index (Phi) is 3.67. The molecule has 2 unspecified atom stereocenters. The zero-order valence-electron chi connectivity index (χ0n) is 10.4. The fourth-order valence-electron chi connectivity index (χ4n) is 2.86. The van der Waals surface area contributed by atoms with Crippen molar-refractivity contribution in [2.45, 2.75) is 38.1 Å². The number of halogens is 1. The summed E-state index contributed by atoms with van der Waals surface area (Å²) in [6.45, 7) is 2.80. The first kappa shape index (κ1) is 12.4. The second kappa shape index (κ2) is 5.05. The van der Waals surface area contributed by atoms with E-state index < -0.39 is 0 Å².